The van der Waals surface area contributed by atoms with E-state index in [-0.39, 0.29) is 24.4 Å². The number of benzene rings is 1. The molecule has 0 spiro atoms. The molecule has 21 heavy (non-hydrogen) atoms. The first kappa shape index (κ1) is 12.9. The molecule has 1 aliphatic heterocycles. The number of nitrogens with one attached hydrogen (secondary N) is 1. The molecule has 2 amide bonds. The van der Waals surface area contributed by atoms with E-state index in [1.807, 2.05) is 35.2 Å². The lowest BCUT2D eigenvalue weighted by molar-refractivity contribution is -0.149. The van der Waals surface area contributed by atoms with Crippen LogP contribution in [0.2, 0.25) is 0 Å². The van der Waals surface area contributed by atoms with Crippen molar-refractivity contribution < 1.29 is 9.59 Å². The maximum absolute atomic E-state index is 12.5. The molecule has 1 aromatic carbocycles. The van der Waals surface area contributed by atoms with Gasteiger partial charge in [-0.1, -0.05) is 30.3 Å². The average molecular weight is 284 g/mol. The summed E-state index contributed by atoms with van der Waals surface area (Å²) in [7, 11) is 0. The summed E-state index contributed by atoms with van der Waals surface area (Å²) in [5, 5.41) is 2.75. The van der Waals surface area contributed by atoms with E-state index in [1.165, 1.54) is 25.7 Å². The molecule has 1 heterocycles. The van der Waals surface area contributed by atoms with E-state index in [2.05, 4.69) is 5.32 Å². The van der Waals surface area contributed by atoms with E-state index in [1.54, 1.807) is 0 Å². The summed E-state index contributed by atoms with van der Waals surface area (Å²) < 4.78 is 0. The molecule has 4 heteroatoms. The average Bonchev–Trinajstić information content (AvgIpc) is 3.37. The summed E-state index contributed by atoms with van der Waals surface area (Å²) >= 11 is 0. The number of amides is 2. The van der Waals surface area contributed by atoms with Gasteiger partial charge in [-0.05, 0) is 43.1 Å². The number of nitrogens with zero attached hydrogens (tertiary/aromatic N) is 1. The van der Waals surface area contributed by atoms with Gasteiger partial charge in [-0.3, -0.25) is 9.59 Å². The molecule has 3 aliphatic rings. The van der Waals surface area contributed by atoms with Crippen molar-refractivity contribution in [1.82, 2.24) is 10.2 Å². The predicted octanol–water partition coefficient (Wildman–Crippen LogP) is 1.87. The zero-order valence-electron chi connectivity index (χ0n) is 12.0. The second-order valence-corrected chi connectivity index (χ2v) is 6.50. The molecule has 0 bridgehead atoms. The van der Waals surface area contributed by atoms with Gasteiger partial charge >= 0.3 is 0 Å². The van der Waals surface area contributed by atoms with Gasteiger partial charge in [-0.15, -0.1) is 0 Å². The van der Waals surface area contributed by atoms with E-state index in [4.69, 9.17) is 0 Å². The molecule has 1 N–H and O–H groups in total. The molecule has 1 unspecified atom stereocenters. The third kappa shape index (κ3) is 2.33. The van der Waals surface area contributed by atoms with Gasteiger partial charge in [-0.2, -0.15) is 0 Å². The number of hydrogen-bond acceptors (Lipinski definition) is 2. The topological polar surface area (TPSA) is 49.4 Å². The highest BCUT2D eigenvalue weighted by Gasteiger charge is 2.50. The molecule has 4 rings (SSSR count). The monoisotopic (exact) mass is 284 g/mol. The first-order chi connectivity index (χ1) is 10.3. The fraction of sp³-hybridized carbons (Fsp3) is 0.529. The summed E-state index contributed by atoms with van der Waals surface area (Å²) in [5.74, 6) is 1.26. The molecule has 110 valence electrons. The van der Waals surface area contributed by atoms with Gasteiger partial charge in [0, 0.05) is 6.04 Å². The van der Waals surface area contributed by atoms with Crippen molar-refractivity contribution in [1.29, 1.82) is 0 Å². The minimum atomic E-state index is -0.446. The van der Waals surface area contributed by atoms with E-state index in [0.29, 0.717) is 11.8 Å². The van der Waals surface area contributed by atoms with Crippen molar-refractivity contribution in [3.05, 3.63) is 35.9 Å². The lowest BCUT2D eigenvalue weighted by Crippen LogP contribution is -2.58. The number of rotatable bonds is 4. The van der Waals surface area contributed by atoms with Crippen LogP contribution in [0.25, 0.3) is 0 Å². The van der Waals surface area contributed by atoms with Gasteiger partial charge in [-0.25, -0.2) is 0 Å². The van der Waals surface area contributed by atoms with Crippen molar-refractivity contribution in [2.75, 3.05) is 6.54 Å². The molecule has 1 saturated heterocycles. The molecule has 3 fully saturated rings. The summed E-state index contributed by atoms with van der Waals surface area (Å²) in [6, 6.07) is 9.54. The number of piperazine rings is 1. The van der Waals surface area contributed by atoms with Crippen LogP contribution < -0.4 is 5.32 Å². The largest absolute Gasteiger partial charge is 0.345 e. The first-order valence-electron chi connectivity index (χ1n) is 7.89. The van der Waals surface area contributed by atoms with Gasteiger partial charge in [0.05, 0.1) is 6.54 Å². The third-order valence-corrected chi connectivity index (χ3v) is 4.87. The number of carbonyl (C=O) groups excluding carboxylic acids is 2. The van der Waals surface area contributed by atoms with Crippen LogP contribution in [0.3, 0.4) is 0 Å². The van der Waals surface area contributed by atoms with Gasteiger partial charge in [0.1, 0.15) is 6.04 Å². The Morgan fingerprint density at radius 1 is 1.00 bits per heavy atom. The fourth-order valence-electron chi connectivity index (χ4n) is 3.62. The maximum Gasteiger partial charge on any atom is 0.247 e. The molecule has 2 aliphatic carbocycles. The molecule has 1 aromatic rings. The highest BCUT2D eigenvalue weighted by atomic mass is 16.2. The van der Waals surface area contributed by atoms with Crippen molar-refractivity contribution in [3.8, 4) is 0 Å². The quantitative estimate of drug-likeness (QED) is 0.917. The number of carbonyl (C=O) groups is 2. The van der Waals surface area contributed by atoms with Crippen molar-refractivity contribution in [2.24, 2.45) is 11.8 Å². The van der Waals surface area contributed by atoms with Crippen LogP contribution in [-0.2, 0) is 9.59 Å². The van der Waals surface area contributed by atoms with Crippen molar-refractivity contribution in [2.45, 2.75) is 37.8 Å². The van der Waals surface area contributed by atoms with E-state index in [0.717, 1.165) is 5.56 Å². The molecule has 0 radical (unpaired) electrons. The normalized spacial score (nSPS) is 26.1. The van der Waals surface area contributed by atoms with Gasteiger partial charge in [0.2, 0.25) is 11.8 Å². The van der Waals surface area contributed by atoms with Crippen LogP contribution in [0.5, 0.6) is 0 Å². The van der Waals surface area contributed by atoms with Gasteiger partial charge in [0.25, 0.3) is 0 Å². The van der Waals surface area contributed by atoms with E-state index >= 15 is 0 Å². The van der Waals surface area contributed by atoms with Gasteiger partial charge < -0.3 is 10.2 Å². The highest BCUT2D eigenvalue weighted by molar-refractivity contribution is 5.95. The lowest BCUT2D eigenvalue weighted by atomic mass is 9.96. The Balaban J connectivity index is 1.72. The van der Waals surface area contributed by atoms with Crippen LogP contribution in [0.1, 0.15) is 37.3 Å². The third-order valence-electron chi connectivity index (χ3n) is 4.87. The highest BCUT2D eigenvalue weighted by Crippen LogP contribution is 2.49. The van der Waals surface area contributed by atoms with Crippen molar-refractivity contribution >= 4 is 11.8 Å². The van der Waals surface area contributed by atoms with Crippen LogP contribution >= 0.6 is 0 Å². The molecule has 4 nitrogen and oxygen atoms in total. The Labute approximate surface area is 124 Å². The molecular weight excluding hydrogens is 264 g/mol. The zero-order valence-corrected chi connectivity index (χ0v) is 12.0. The Kier molecular flexibility index (Phi) is 2.98. The Hall–Kier alpha value is -1.84. The Bertz CT molecular complexity index is 551. The van der Waals surface area contributed by atoms with Crippen molar-refractivity contribution in [3.63, 3.8) is 0 Å². The van der Waals surface area contributed by atoms with Gasteiger partial charge in [0.15, 0.2) is 0 Å². The Morgan fingerprint density at radius 3 is 2.19 bits per heavy atom. The maximum atomic E-state index is 12.5. The van der Waals surface area contributed by atoms with E-state index < -0.39 is 6.04 Å². The first-order valence-corrected chi connectivity index (χ1v) is 7.89. The van der Waals surface area contributed by atoms with E-state index in [9.17, 15) is 9.59 Å². The minimum absolute atomic E-state index is 0.0351. The number of hydrogen-bond donors (Lipinski definition) is 1. The zero-order chi connectivity index (χ0) is 14.4. The molecular formula is C17H20N2O2. The molecule has 1 atom stereocenters. The van der Waals surface area contributed by atoms with Crippen LogP contribution in [-0.4, -0.2) is 29.3 Å². The molecule has 0 aromatic heterocycles. The minimum Gasteiger partial charge on any atom is -0.345 e. The summed E-state index contributed by atoms with van der Waals surface area (Å²) in [5.41, 5.74) is 0.925. The summed E-state index contributed by atoms with van der Waals surface area (Å²) in [6.45, 7) is 0.151. The lowest BCUT2D eigenvalue weighted by Gasteiger charge is -2.41. The second-order valence-electron chi connectivity index (χ2n) is 6.50. The summed E-state index contributed by atoms with van der Waals surface area (Å²) in [6.07, 6.45) is 4.81. The predicted molar refractivity (Wildman–Crippen MR) is 78.3 cm³/mol. The SMILES string of the molecule is O=C1NCC(=O)N(C(C2CC2)C2CC2)C1c1ccccc1. The second kappa shape index (κ2) is 4.86. The smallest absolute Gasteiger partial charge is 0.247 e. The Morgan fingerprint density at radius 2 is 1.62 bits per heavy atom. The fourth-order valence-corrected chi connectivity index (χ4v) is 3.62. The van der Waals surface area contributed by atoms with Crippen LogP contribution in [0.15, 0.2) is 30.3 Å². The van der Waals surface area contributed by atoms with Crippen LogP contribution in [0.4, 0.5) is 0 Å². The standard InChI is InChI=1S/C17H20N2O2/c20-14-10-18-17(21)16(11-4-2-1-3-5-11)19(14)15(12-6-7-12)13-8-9-13/h1-5,12-13,15-16H,6-10H2,(H,18,21). The molecule has 2 saturated carbocycles. The summed E-state index contributed by atoms with van der Waals surface area (Å²) in [4.78, 5) is 26.9. The van der Waals surface area contributed by atoms with Crippen LogP contribution in [0, 0.1) is 11.8 Å².